The zero-order chi connectivity index (χ0) is 37.9. The quantitative estimate of drug-likeness (QED) is 0.170. The molecule has 0 radical (unpaired) electrons. The maximum atomic E-state index is 2.51. The summed E-state index contributed by atoms with van der Waals surface area (Å²) in [4.78, 5) is 0. The van der Waals surface area contributed by atoms with Gasteiger partial charge >= 0.3 is 0 Å². The van der Waals surface area contributed by atoms with Crippen molar-refractivity contribution >= 4 is 96.9 Å². The van der Waals surface area contributed by atoms with E-state index in [1.165, 1.54) is 102 Å². The zero-order valence-electron chi connectivity index (χ0n) is 31.3. The molecule has 0 saturated carbocycles. The molecule has 0 amide bonds. The molecule has 0 bridgehead atoms. The van der Waals surface area contributed by atoms with E-state index in [-0.39, 0.29) is 0 Å². The molecule has 0 spiro atoms. The van der Waals surface area contributed by atoms with E-state index in [2.05, 4.69) is 214 Å². The molecular formula is C54H33N3S. The van der Waals surface area contributed by atoms with Gasteiger partial charge in [0.1, 0.15) is 0 Å². The average molecular weight is 756 g/mol. The smallest absolute Gasteiger partial charge is 0.0561 e. The molecule has 0 aliphatic carbocycles. The number of benzene rings is 9. The minimum atomic E-state index is 1.15. The van der Waals surface area contributed by atoms with Gasteiger partial charge in [-0.3, -0.25) is 0 Å². The predicted octanol–water partition coefficient (Wildman–Crippen LogP) is 15.0. The Hall–Kier alpha value is -7.40. The first-order chi connectivity index (χ1) is 28.8. The molecule has 13 aromatic rings. The Morgan fingerprint density at radius 3 is 1.28 bits per heavy atom. The lowest BCUT2D eigenvalue weighted by molar-refractivity contribution is 1.16. The molecule has 13 rings (SSSR count). The van der Waals surface area contributed by atoms with Crippen LogP contribution in [0.5, 0.6) is 0 Å². The summed E-state index contributed by atoms with van der Waals surface area (Å²) in [6.07, 6.45) is 0. The summed E-state index contributed by atoms with van der Waals surface area (Å²) in [7, 11) is 0. The summed E-state index contributed by atoms with van der Waals surface area (Å²) in [5.74, 6) is 0. The first-order valence-electron chi connectivity index (χ1n) is 19.8. The highest BCUT2D eigenvalue weighted by Gasteiger charge is 2.21. The number of nitrogens with zero attached hydrogens (tertiary/aromatic N) is 3. The van der Waals surface area contributed by atoms with Crippen molar-refractivity contribution in [2.24, 2.45) is 0 Å². The molecule has 0 aliphatic rings. The second-order valence-corrected chi connectivity index (χ2v) is 16.4. The largest absolute Gasteiger partial charge is 0.309 e. The van der Waals surface area contributed by atoms with Crippen LogP contribution in [-0.4, -0.2) is 13.7 Å². The van der Waals surface area contributed by atoms with Crippen LogP contribution in [0.4, 0.5) is 0 Å². The standard InChI is InChI=1S/C54H33N3S/c1-2-14-34(15-3-1)35-30-51(54-42-20-8-13-25-52(42)58-53(54)31-35)57-48-24-12-7-19-41(48)44-33-37(27-29-50(44)57)56-47-23-11-6-18-40(47)43-32-36(26-28-49(43)56)55-45-21-9-4-16-38(45)39-17-5-10-22-46(39)55/h1-33H. The lowest BCUT2D eigenvalue weighted by Crippen LogP contribution is -1.97. The van der Waals surface area contributed by atoms with E-state index in [9.17, 15) is 0 Å². The van der Waals surface area contributed by atoms with Gasteiger partial charge in [0.25, 0.3) is 0 Å². The number of hydrogen-bond acceptors (Lipinski definition) is 1. The van der Waals surface area contributed by atoms with Gasteiger partial charge in [-0.25, -0.2) is 0 Å². The normalized spacial score (nSPS) is 12.1. The molecule has 58 heavy (non-hydrogen) atoms. The fourth-order valence-corrected chi connectivity index (χ4v) is 10.9. The van der Waals surface area contributed by atoms with Gasteiger partial charge in [0, 0.05) is 63.9 Å². The van der Waals surface area contributed by atoms with Crippen LogP contribution in [0.15, 0.2) is 200 Å². The molecule has 4 heteroatoms. The van der Waals surface area contributed by atoms with Gasteiger partial charge in [-0.15, -0.1) is 11.3 Å². The van der Waals surface area contributed by atoms with Gasteiger partial charge in [0.05, 0.1) is 38.8 Å². The van der Waals surface area contributed by atoms with Crippen LogP contribution < -0.4 is 0 Å². The second kappa shape index (κ2) is 12.1. The molecule has 0 aliphatic heterocycles. The maximum absolute atomic E-state index is 2.51. The van der Waals surface area contributed by atoms with Gasteiger partial charge in [0.2, 0.25) is 0 Å². The summed E-state index contributed by atoms with van der Waals surface area (Å²) in [5.41, 5.74) is 13.2. The molecule has 0 atom stereocenters. The third-order valence-corrected chi connectivity index (χ3v) is 13.3. The number of aromatic nitrogens is 3. The molecule has 4 aromatic heterocycles. The fourth-order valence-electron chi connectivity index (χ4n) is 9.74. The minimum absolute atomic E-state index is 1.15. The van der Waals surface area contributed by atoms with Crippen LogP contribution in [0, 0.1) is 0 Å². The Balaban J connectivity index is 1.06. The van der Waals surface area contributed by atoms with Crippen LogP contribution in [0.2, 0.25) is 0 Å². The van der Waals surface area contributed by atoms with Gasteiger partial charge in [-0.05, 0) is 90.0 Å². The molecule has 3 nitrogen and oxygen atoms in total. The highest BCUT2D eigenvalue weighted by atomic mass is 32.1. The third kappa shape index (κ3) is 4.43. The Morgan fingerprint density at radius 2 is 0.707 bits per heavy atom. The van der Waals surface area contributed by atoms with Crippen molar-refractivity contribution in [3.63, 3.8) is 0 Å². The van der Waals surface area contributed by atoms with Crippen LogP contribution in [0.25, 0.3) is 114 Å². The number of rotatable bonds is 4. The number of para-hydroxylation sites is 4. The zero-order valence-corrected chi connectivity index (χ0v) is 32.1. The van der Waals surface area contributed by atoms with E-state index in [4.69, 9.17) is 0 Å². The molecule has 0 fully saturated rings. The van der Waals surface area contributed by atoms with Crippen LogP contribution >= 0.6 is 11.3 Å². The Labute approximate surface area is 337 Å². The van der Waals surface area contributed by atoms with E-state index < -0.39 is 0 Å². The summed E-state index contributed by atoms with van der Waals surface area (Å²) in [5, 5.41) is 10.1. The molecule has 0 saturated heterocycles. The highest BCUT2D eigenvalue weighted by molar-refractivity contribution is 7.26. The summed E-state index contributed by atoms with van der Waals surface area (Å²) in [6.45, 7) is 0. The topological polar surface area (TPSA) is 14.8 Å². The maximum Gasteiger partial charge on any atom is 0.0561 e. The van der Waals surface area contributed by atoms with Crippen molar-refractivity contribution in [3.8, 4) is 28.2 Å². The van der Waals surface area contributed by atoms with Crippen molar-refractivity contribution in [2.45, 2.75) is 0 Å². The number of hydrogen-bond donors (Lipinski definition) is 0. The molecule has 270 valence electrons. The molecular weight excluding hydrogens is 723 g/mol. The van der Waals surface area contributed by atoms with Crippen LogP contribution in [0.3, 0.4) is 0 Å². The highest BCUT2D eigenvalue weighted by Crippen LogP contribution is 2.44. The SMILES string of the molecule is c1ccc(-c2cc(-n3c4ccccc4c4cc(-n5c6ccccc6c6cc(-n7c8ccccc8c8ccccc87)ccc65)ccc43)c3c(c2)sc2ccccc23)cc1. The monoisotopic (exact) mass is 755 g/mol. The molecule has 4 heterocycles. The van der Waals surface area contributed by atoms with Crippen molar-refractivity contribution in [1.29, 1.82) is 0 Å². The van der Waals surface area contributed by atoms with E-state index >= 15 is 0 Å². The fraction of sp³-hybridized carbons (Fsp3) is 0. The molecule has 0 N–H and O–H groups in total. The Bertz CT molecular complexity index is 3750. The lowest BCUT2D eigenvalue weighted by atomic mass is 10.0. The predicted molar refractivity (Wildman–Crippen MR) is 248 cm³/mol. The first kappa shape index (κ1) is 31.8. The first-order valence-corrected chi connectivity index (χ1v) is 20.7. The van der Waals surface area contributed by atoms with Crippen LogP contribution in [0.1, 0.15) is 0 Å². The summed E-state index contributed by atoms with van der Waals surface area (Å²) < 4.78 is 9.97. The van der Waals surface area contributed by atoms with Crippen molar-refractivity contribution < 1.29 is 0 Å². The average Bonchev–Trinajstić information content (AvgIpc) is 4.02. The minimum Gasteiger partial charge on any atom is -0.309 e. The van der Waals surface area contributed by atoms with Crippen LogP contribution in [-0.2, 0) is 0 Å². The third-order valence-electron chi connectivity index (χ3n) is 12.2. The summed E-state index contributed by atoms with van der Waals surface area (Å²) >= 11 is 1.88. The van der Waals surface area contributed by atoms with Gasteiger partial charge in [-0.1, -0.05) is 121 Å². The Morgan fingerprint density at radius 1 is 0.276 bits per heavy atom. The van der Waals surface area contributed by atoms with Gasteiger partial charge < -0.3 is 13.7 Å². The van der Waals surface area contributed by atoms with Crippen molar-refractivity contribution in [2.75, 3.05) is 0 Å². The second-order valence-electron chi connectivity index (χ2n) is 15.3. The lowest BCUT2D eigenvalue weighted by Gasteiger charge is -2.14. The van der Waals surface area contributed by atoms with Crippen molar-refractivity contribution in [3.05, 3.63) is 200 Å². The van der Waals surface area contributed by atoms with Gasteiger partial charge in [0.15, 0.2) is 0 Å². The van der Waals surface area contributed by atoms with E-state index in [1.54, 1.807) is 0 Å². The van der Waals surface area contributed by atoms with E-state index in [0.29, 0.717) is 0 Å². The van der Waals surface area contributed by atoms with E-state index in [1.807, 2.05) is 11.3 Å². The summed E-state index contributed by atoms with van der Waals surface area (Å²) in [6, 6.07) is 73.7. The molecule has 9 aromatic carbocycles. The number of fused-ring (bicyclic) bond motifs is 12. The van der Waals surface area contributed by atoms with Crippen molar-refractivity contribution in [1.82, 2.24) is 13.7 Å². The van der Waals surface area contributed by atoms with Gasteiger partial charge in [-0.2, -0.15) is 0 Å². The van der Waals surface area contributed by atoms with E-state index in [0.717, 1.165) is 11.4 Å². The number of thiophene rings is 1. The molecule has 0 unspecified atom stereocenters. The Kier molecular flexibility index (Phi) is 6.60.